The molecule has 1 saturated heterocycles. The summed E-state index contributed by atoms with van der Waals surface area (Å²) in [6.45, 7) is 11.9. The minimum atomic E-state index is -0.221. The average Bonchev–Trinajstić information content (AvgIpc) is 3.26. The first-order chi connectivity index (χ1) is 14.8. The molecule has 1 aliphatic rings. The Bertz CT molecular complexity index is 860. The van der Waals surface area contributed by atoms with Gasteiger partial charge in [-0.2, -0.15) is 0 Å². The second-order valence-electron chi connectivity index (χ2n) is 9.00. The smallest absolute Gasteiger partial charge is 0.225 e. The monoisotopic (exact) mass is 430 g/mol. The van der Waals surface area contributed by atoms with Crippen LogP contribution in [-0.2, 0) is 16.1 Å². The molecule has 31 heavy (non-hydrogen) atoms. The van der Waals surface area contributed by atoms with Crippen LogP contribution in [0.15, 0.2) is 34.7 Å². The lowest BCUT2D eigenvalue weighted by atomic mass is 9.88. The van der Waals surface area contributed by atoms with Crippen LogP contribution in [0.5, 0.6) is 0 Å². The number of methoxy groups -OCH3 is 1. The molecule has 0 radical (unpaired) electrons. The highest BCUT2D eigenvalue weighted by atomic mass is 19.1. The van der Waals surface area contributed by atoms with Crippen LogP contribution in [0.4, 0.5) is 4.39 Å². The van der Waals surface area contributed by atoms with E-state index in [9.17, 15) is 9.18 Å². The van der Waals surface area contributed by atoms with Gasteiger partial charge in [-0.3, -0.25) is 9.69 Å². The summed E-state index contributed by atoms with van der Waals surface area (Å²) in [7, 11) is 1.65. The first-order valence-electron chi connectivity index (χ1n) is 11.1. The third kappa shape index (κ3) is 5.95. The molecule has 0 N–H and O–H groups in total. The number of amides is 1. The molecule has 170 valence electrons. The van der Waals surface area contributed by atoms with Crippen molar-refractivity contribution < 1.29 is 18.3 Å². The van der Waals surface area contributed by atoms with Crippen molar-refractivity contribution >= 4 is 5.91 Å². The van der Waals surface area contributed by atoms with E-state index in [1.54, 1.807) is 19.2 Å². The van der Waals surface area contributed by atoms with Crippen LogP contribution in [0.25, 0.3) is 0 Å². The number of nitrogens with zero attached hydrogens (tertiary/aromatic N) is 2. The number of furan rings is 1. The summed E-state index contributed by atoms with van der Waals surface area (Å²) in [6, 6.07) is 8.97. The van der Waals surface area contributed by atoms with E-state index in [2.05, 4.69) is 17.9 Å². The highest BCUT2D eigenvalue weighted by molar-refractivity contribution is 5.78. The van der Waals surface area contributed by atoms with Gasteiger partial charge in [0.15, 0.2) is 0 Å². The third-order valence-corrected chi connectivity index (χ3v) is 6.22. The van der Waals surface area contributed by atoms with Gasteiger partial charge in [0.1, 0.15) is 17.3 Å². The highest BCUT2D eigenvalue weighted by Gasteiger charge is 2.36. The molecule has 2 heterocycles. The van der Waals surface area contributed by atoms with Gasteiger partial charge >= 0.3 is 0 Å². The van der Waals surface area contributed by atoms with Gasteiger partial charge in [-0.25, -0.2) is 4.39 Å². The van der Waals surface area contributed by atoms with Gasteiger partial charge in [-0.1, -0.05) is 26.0 Å². The Morgan fingerprint density at radius 2 is 2.06 bits per heavy atom. The summed E-state index contributed by atoms with van der Waals surface area (Å²) in [6.07, 6.45) is 0. The Labute approximate surface area is 185 Å². The zero-order valence-corrected chi connectivity index (χ0v) is 19.4. The predicted molar refractivity (Wildman–Crippen MR) is 119 cm³/mol. The predicted octanol–water partition coefficient (Wildman–Crippen LogP) is 4.38. The minimum Gasteiger partial charge on any atom is -0.465 e. The van der Waals surface area contributed by atoms with E-state index >= 15 is 0 Å². The number of likely N-dealkylation sites (tertiary alicyclic amines) is 1. The number of rotatable bonds is 9. The summed E-state index contributed by atoms with van der Waals surface area (Å²) in [5.41, 5.74) is 2.14. The first kappa shape index (κ1) is 23.5. The topological polar surface area (TPSA) is 45.9 Å². The molecule has 1 fully saturated rings. The fourth-order valence-corrected chi connectivity index (χ4v) is 4.48. The van der Waals surface area contributed by atoms with E-state index in [0.29, 0.717) is 26.2 Å². The SMILES string of the molecule is COCCN(C[C@H]1CN(Cc2cc(C)c(C)o2)C[C@H]1c1cccc(F)c1)C(=O)C(C)C. The molecule has 2 aromatic rings. The fourth-order valence-electron chi connectivity index (χ4n) is 4.48. The zero-order chi connectivity index (χ0) is 22.5. The maximum absolute atomic E-state index is 14.0. The van der Waals surface area contributed by atoms with Crippen LogP contribution >= 0.6 is 0 Å². The van der Waals surface area contributed by atoms with Crippen LogP contribution in [0.3, 0.4) is 0 Å². The van der Waals surface area contributed by atoms with Crippen LogP contribution in [0.1, 0.15) is 42.4 Å². The minimum absolute atomic E-state index is 0.0731. The number of carbonyl (C=O) groups excluding carboxylic acids is 1. The first-order valence-corrected chi connectivity index (χ1v) is 11.1. The van der Waals surface area contributed by atoms with E-state index in [4.69, 9.17) is 9.15 Å². The summed E-state index contributed by atoms with van der Waals surface area (Å²) in [5.74, 6) is 2.09. The van der Waals surface area contributed by atoms with Crippen molar-refractivity contribution in [3.63, 3.8) is 0 Å². The van der Waals surface area contributed by atoms with Gasteiger partial charge in [0.2, 0.25) is 5.91 Å². The standard InChI is InChI=1S/C25H35FN2O3/c1-17(2)25(29)28(9-10-30-5)14-21-13-27(15-23-11-18(3)19(4)31-23)16-24(21)20-7-6-8-22(26)12-20/h6-8,11-12,17,21,24H,9-10,13-16H2,1-5H3/t21-,24+/m1/s1. The van der Waals surface area contributed by atoms with Gasteiger partial charge in [0, 0.05) is 45.1 Å². The summed E-state index contributed by atoms with van der Waals surface area (Å²) < 4.78 is 25.1. The van der Waals surface area contributed by atoms with Crippen molar-refractivity contribution in [2.45, 2.75) is 40.2 Å². The number of hydrogen-bond acceptors (Lipinski definition) is 4. The van der Waals surface area contributed by atoms with E-state index in [1.165, 1.54) is 6.07 Å². The number of carbonyl (C=O) groups is 1. The number of aryl methyl sites for hydroxylation is 2. The molecule has 0 aliphatic carbocycles. The Balaban J connectivity index is 1.81. The quantitative estimate of drug-likeness (QED) is 0.592. The van der Waals surface area contributed by atoms with E-state index in [-0.39, 0.29) is 29.5 Å². The molecule has 0 saturated carbocycles. The molecule has 1 amide bonds. The molecule has 1 aromatic heterocycles. The molecule has 0 spiro atoms. The van der Waals surface area contributed by atoms with Gasteiger partial charge < -0.3 is 14.1 Å². The van der Waals surface area contributed by atoms with Gasteiger partial charge in [0.25, 0.3) is 0 Å². The Morgan fingerprint density at radius 1 is 1.29 bits per heavy atom. The van der Waals surface area contributed by atoms with E-state index in [1.807, 2.05) is 31.7 Å². The molecule has 0 bridgehead atoms. The lowest BCUT2D eigenvalue weighted by molar-refractivity contribution is -0.135. The maximum Gasteiger partial charge on any atom is 0.225 e. The molecule has 0 unspecified atom stereocenters. The second kappa shape index (κ2) is 10.4. The van der Waals surface area contributed by atoms with Crippen molar-refractivity contribution in [1.29, 1.82) is 0 Å². The Hall–Kier alpha value is -2.18. The van der Waals surface area contributed by atoms with Crippen molar-refractivity contribution in [2.75, 3.05) is 39.9 Å². The molecule has 3 rings (SSSR count). The second-order valence-corrected chi connectivity index (χ2v) is 9.00. The molecule has 1 aromatic carbocycles. The van der Waals surface area contributed by atoms with Crippen molar-refractivity contribution in [3.05, 3.63) is 58.8 Å². The van der Waals surface area contributed by atoms with Crippen molar-refractivity contribution in [2.24, 2.45) is 11.8 Å². The van der Waals surface area contributed by atoms with Crippen LogP contribution in [-0.4, -0.2) is 55.6 Å². The lowest BCUT2D eigenvalue weighted by Crippen LogP contribution is -2.41. The Morgan fingerprint density at radius 3 is 2.68 bits per heavy atom. The zero-order valence-electron chi connectivity index (χ0n) is 19.4. The maximum atomic E-state index is 14.0. The summed E-state index contributed by atoms with van der Waals surface area (Å²) in [4.78, 5) is 17.1. The van der Waals surface area contributed by atoms with Crippen LogP contribution in [0.2, 0.25) is 0 Å². The molecular weight excluding hydrogens is 395 g/mol. The van der Waals surface area contributed by atoms with E-state index < -0.39 is 0 Å². The Kier molecular flexibility index (Phi) is 7.89. The van der Waals surface area contributed by atoms with Crippen molar-refractivity contribution in [1.82, 2.24) is 9.80 Å². The molecule has 1 aliphatic heterocycles. The fraction of sp³-hybridized carbons (Fsp3) is 0.560. The lowest BCUT2D eigenvalue weighted by Gasteiger charge is -2.29. The number of benzene rings is 1. The van der Waals surface area contributed by atoms with Crippen LogP contribution < -0.4 is 0 Å². The van der Waals surface area contributed by atoms with E-state index in [0.717, 1.165) is 35.7 Å². The molecule has 2 atom stereocenters. The number of ether oxygens (including phenoxy) is 1. The number of hydrogen-bond donors (Lipinski definition) is 0. The third-order valence-electron chi connectivity index (χ3n) is 6.22. The normalized spacial score (nSPS) is 19.3. The molecule has 5 nitrogen and oxygen atoms in total. The largest absolute Gasteiger partial charge is 0.465 e. The van der Waals surface area contributed by atoms with Gasteiger partial charge in [0.05, 0.1) is 13.2 Å². The molecule has 6 heteroatoms. The van der Waals surface area contributed by atoms with Crippen molar-refractivity contribution in [3.8, 4) is 0 Å². The average molecular weight is 431 g/mol. The number of halogens is 1. The molecular formula is C25H35FN2O3. The highest BCUT2D eigenvalue weighted by Crippen LogP contribution is 2.35. The summed E-state index contributed by atoms with van der Waals surface area (Å²) in [5, 5.41) is 0. The van der Waals surface area contributed by atoms with Gasteiger partial charge in [-0.15, -0.1) is 0 Å². The van der Waals surface area contributed by atoms with Gasteiger partial charge in [-0.05, 0) is 49.1 Å². The summed E-state index contributed by atoms with van der Waals surface area (Å²) >= 11 is 0. The van der Waals surface area contributed by atoms with Crippen LogP contribution in [0, 0.1) is 31.5 Å².